The van der Waals surface area contributed by atoms with E-state index in [1.54, 1.807) is 0 Å². The average Bonchev–Trinajstić information content (AvgIpc) is 2.60. The predicted molar refractivity (Wildman–Crippen MR) is 58.4 cm³/mol. The van der Waals surface area contributed by atoms with E-state index in [0.717, 1.165) is 11.5 Å². The van der Waals surface area contributed by atoms with Crippen LogP contribution in [0.25, 0.3) is 0 Å². The van der Waals surface area contributed by atoms with Crippen molar-refractivity contribution >= 4 is 0 Å². The first-order valence-corrected chi connectivity index (χ1v) is 6.36. The predicted octanol–water partition coefficient (Wildman–Crippen LogP) is 1.61. The smallest absolute Gasteiger partial charge is 0.0153 e. The molecule has 3 heterocycles. The van der Waals surface area contributed by atoms with Gasteiger partial charge in [-0.2, -0.15) is 0 Å². The van der Waals surface area contributed by atoms with E-state index in [1.165, 1.54) is 64.7 Å². The van der Waals surface area contributed by atoms with Gasteiger partial charge in [0.15, 0.2) is 0 Å². The first kappa shape index (κ1) is 9.17. The SMILES string of the molecule is C1CCN2CCC3(CCNCC3)C2C1. The van der Waals surface area contributed by atoms with Crippen molar-refractivity contribution in [3.8, 4) is 0 Å². The molecule has 2 heteroatoms. The van der Waals surface area contributed by atoms with Gasteiger partial charge in [0.1, 0.15) is 0 Å². The van der Waals surface area contributed by atoms with Gasteiger partial charge in [0, 0.05) is 6.04 Å². The van der Waals surface area contributed by atoms with Crippen LogP contribution < -0.4 is 5.32 Å². The summed E-state index contributed by atoms with van der Waals surface area (Å²) in [6, 6.07) is 0.957. The Bertz CT molecular complexity index is 208. The van der Waals surface area contributed by atoms with Gasteiger partial charge in [-0.15, -0.1) is 0 Å². The summed E-state index contributed by atoms with van der Waals surface area (Å²) in [5.74, 6) is 0. The molecule has 3 fully saturated rings. The number of rotatable bonds is 0. The van der Waals surface area contributed by atoms with E-state index in [0.29, 0.717) is 0 Å². The molecular formula is C12H22N2. The van der Waals surface area contributed by atoms with Crippen molar-refractivity contribution in [3.05, 3.63) is 0 Å². The Labute approximate surface area is 87.0 Å². The molecule has 1 N–H and O–H groups in total. The molecule has 0 aliphatic carbocycles. The molecule has 3 aliphatic rings. The van der Waals surface area contributed by atoms with E-state index >= 15 is 0 Å². The van der Waals surface area contributed by atoms with Crippen LogP contribution in [-0.4, -0.2) is 37.1 Å². The molecule has 1 atom stereocenters. The van der Waals surface area contributed by atoms with Gasteiger partial charge in [0.05, 0.1) is 0 Å². The third kappa shape index (κ3) is 1.31. The second kappa shape index (κ2) is 3.49. The first-order valence-electron chi connectivity index (χ1n) is 6.36. The minimum Gasteiger partial charge on any atom is -0.317 e. The molecule has 0 aromatic rings. The Morgan fingerprint density at radius 2 is 1.86 bits per heavy atom. The van der Waals surface area contributed by atoms with Crippen LogP contribution in [0.3, 0.4) is 0 Å². The highest BCUT2D eigenvalue weighted by Gasteiger charge is 2.47. The standard InChI is InChI=1S/C12H22N2/c1-2-9-14-10-6-12(11(14)3-1)4-7-13-8-5-12/h11,13H,1-10H2. The number of hydrogen-bond donors (Lipinski definition) is 1. The van der Waals surface area contributed by atoms with Crippen LogP contribution in [0.1, 0.15) is 38.5 Å². The molecule has 0 amide bonds. The molecule has 0 bridgehead atoms. The van der Waals surface area contributed by atoms with Gasteiger partial charge in [-0.1, -0.05) is 6.42 Å². The number of nitrogens with zero attached hydrogens (tertiary/aromatic N) is 1. The van der Waals surface area contributed by atoms with Crippen molar-refractivity contribution in [2.75, 3.05) is 26.2 Å². The molecule has 0 saturated carbocycles. The molecule has 80 valence electrons. The minimum atomic E-state index is 0.728. The highest BCUT2D eigenvalue weighted by Crippen LogP contribution is 2.47. The molecule has 1 spiro atoms. The second-order valence-corrected chi connectivity index (χ2v) is 5.41. The maximum Gasteiger partial charge on any atom is 0.0153 e. The molecule has 0 aromatic carbocycles. The van der Waals surface area contributed by atoms with Crippen LogP contribution in [-0.2, 0) is 0 Å². The quantitative estimate of drug-likeness (QED) is 0.630. The van der Waals surface area contributed by atoms with E-state index in [-0.39, 0.29) is 0 Å². The molecular weight excluding hydrogens is 172 g/mol. The number of nitrogens with one attached hydrogen (secondary N) is 1. The Morgan fingerprint density at radius 1 is 1.00 bits per heavy atom. The second-order valence-electron chi connectivity index (χ2n) is 5.41. The highest BCUT2D eigenvalue weighted by molar-refractivity contribution is 5.02. The lowest BCUT2D eigenvalue weighted by Crippen LogP contribution is -2.47. The van der Waals surface area contributed by atoms with E-state index in [1.807, 2.05) is 0 Å². The topological polar surface area (TPSA) is 15.3 Å². The van der Waals surface area contributed by atoms with Gasteiger partial charge in [-0.3, -0.25) is 4.90 Å². The molecule has 14 heavy (non-hydrogen) atoms. The van der Waals surface area contributed by atoms with Gasteiger partial charge in [-0.25, -0.2) is 0 Å². The van der Waals surface area contributed by atoms with Gasteiger partial charge in [0.25, 0.3) is 0 Å². The largest absolute Gasteiger partial charge is 0.317 e. The summed E-state index contributed by atoms with van der Waals surface area (Å²) >= 11 is 0. The third-order valence-corrected chi connectivity index (χ3v) is 4.82. The summed E-state index contributed by atoms with van der Waals surface area (Å²) in [6.45, 7) is 5.32. The molecule has 3 saturated heterocycles. The lowest BCUT2D eigenvalue weighted by atomic mass is 9.71. The Kier molecular flexibility index (Phi) is 2.29. The highest BCUT2D eigenvalue weighted by atomic mass is 15.2. The molecule has 0 radical (unpaired) electrons. The number of hydrogen-bond acceptors (Lipinski definition) is 2. The summed E-state index contributed by atoms with van der Waals surface area (Å²) in [6.07, 6.45) is 8.78. The zero-order valence-electron chi connectivity index (χ0n) is 9.10. The van der Waals surface area contributed by atoms with Crippen molar-refractivity contribution in [2.24, 2.45) is 5.41 Å². The summed E-state index contributed by atoms with van der Waals surface area (Å²) < 4.78 is 0. The Morgan fingerprint density at radius 3 is 2.71 bits per heavy atom. The Balaban J connectivity index is 1.78. The third-order valence-electron chi connectivity index (χ3n) is 4.82. The van der Waals surface area contributed by atoms with Gasteiger partial charge < -0.3 is 5.32 Å². The summed E-state index contributed by atoms with van der Waals surface area (Å²) in [5.41, 5.74) is 0.728. The summed E-state index contributed by atoms with van der Waals surface area (Å²) in [7, 11) is 0. The lowest BCUT2D eigenvalue weighted by Gasteiger charge is -2.43. The number of fused-ring (bicyclic) bond motifs is 2. The van der Waals surface area contributed by atoms with Crippen molar-refractivity contribution in [1.82, 2.24) is 10.2 Å². The molecule has 3 aliphatic heterocycles. The maximum atomic E-state index is 3.51. The van der Waals surface area contributed by atoms with Crippen molar-refractivity contribution in [1.29, 1.82) is 0 Å². The molecule has 1 unspecified atom stereocenters. The fourth-order valence-electron chi connectivity index (χ4n) is 3.99. The van der Waals surface area contributed by atoms with Crippen LogP contribution in [0.15, 0.2) is 0 Å². The molecule has 2 nitrogen and oxygen atoms in total. The van der Waals surface area contributed by atoms with Crippen molar-refractivity contribution in [2.45, 2.75) is 44.6 Å². The summed E-state index contributed by atoms with van der Waals surface area (Å²) in [4.78, 5) is 2.79. The fourth-order valence-corrected chi connectivity index (χ4v) is 3.99. The van der Waals surface area contributed by atoms with Crippen LogP contribution in [0, 0.1) is 5.41 Å². The van der Waals surface area contributed by atoms with E-state index in [9.17, 15) is 0 Å². The first-order chi connectivity index (χ1) is 6.91. The average molecular weight is 194 g/mol. The maximum absolute atomic E-state index is 3.51. The summed E-state index contributed by atoms with van der Waals surface area (Å²) in [5, 5.41) is 3.51. The van der Waals surface area contributed by atoms with Crippen LogP contribution in [0.5, 0.6) is 0 Å². The monoisotopic (exact) mass is 194 g/mol. The van der Waals surface area contributed by atoms with Gasteiger partial charge in [0.2, 0.25) is 0 Å². The Hall–Kier alpha value is -0.0800. The zero-order chi connectivity index (χ0) is 9.43. The molecule has 0 aromatic heterocycles. The van der Waals surface area contributed by atoms with Crippen LogP contribution >= 0.6 is 0 Å². The normalized spacial score (nSPS) is 37.3. The van der Waals surface area contributed by atoms with Crippen LogP contribution in [0.2, 0.25) is 0 Å². The number of piperidine rings is 2. The van der Waals surface area contributed by atoms with Gasteiger partial charge >= 0.3 is 0 Å². The van der Waals surface area contributed by atoms with Gasteiger partial charge in [-0.05, 0) is 63.7 Å². The van der Waals surface area contributed by atoms with Crippen molar-refractivity contribution < 1.29 is 0 Å². The minimum absolute atomic E-state index is 0.728. The van der Waals surface area contributed by atoms with Crippen molar-refractivity contribution in [3.63, 3.8) is 0 Å². The van der Waals surface area contributed by atoms with E-state index in [4.69, 9.17) is 0 Å². The lowest BCUT2D eigenvalue weighted by molar-refractivity contribution is 0.0855. The van der Waals surface area contributed by atoms with Crippen LogP contribution in [0.4, 0.5) is 0 Å². The fraction of sp³-hybridized carbons (Fsp3) is 1.00. The van der Waals surface area contributed by atoms with E-state index in [2.05, 4.69) is 10.2 Å². The molecule has 3 rings (SSSR count). The zero-order valence-corrected chi connectivity index (χ0v) is 9.10. The van der Waals surface area contributed by atoms with E-state index < -0.39 is 0 Å².